The number of aryl methyl sites for hydroxylation is 1. The molecule has 2 atom stereocenters. The summed E-state index contributed by atoms with van der Waals surface area (Å²) >= 11 is 0. The number of hydrogen-bond acceptors (Lipinski definition) is 2. The van der Waals surface area contributed by atoms with E-state index < -0.39 is 0 Å². The van der Waals surface area contributed by atoms with E-state index in [-0.39, 0.29) is 0 Å². The van der Waals surface area contributed by atoms with Gasteiger partial charge in [0.15, 0.2) is 0 Å². The van der Waals surface area contributed by atoms with Gasteiger partial charge in [-0.05, 0) is 43.9 Å². The lowest BCUT2D eigenvalue weighted by atomic mass is 9.98. The molecular weight excluding hydrogens is 234 g/mol. The lowest BCUT2D eigenvalue weighted by Gasteiger charge is -2.20. The molecule has 0 aromatic heterocycles. The number of methoxy groups -OCH3 is 1. The van der Waals surface area contributed by atoms with Gasteiger partial charge in [0, 0.05) is 13.2 Å². The third-order valence-corrected chi connectivity index (χ3v) is 3.64. The topological polar surface area (TPSA) is 21.3 Å². The molecule has 108 valence electrons. The summed E-state index contributed by atoms with van der Waals surface area (Å²) < 4.78 is 5.34. The van der Waals surface area contributed by atoms with E-state index in [1.54, 1.807) is 7.11 Å². The van der Waals surface area contributed by atoms with Crippen LogP contribution >= 0.6 is 0 Å². The molecule has 0 aliphatic rings. The zero-order valence-corrected chi connectivity index (χ0v) is 12.9. The van der Waals surface area contributed by atoms with Crippen LogP contribution < -0.4 is 5.32 Å². The molecule has 0 aliphatic carbocycles. The maximum Gasteiger partial charge on any atom is 0.0543 e. The predicted molar refractivity (Wildman–Crippen MR) is 82.6 cm³/mol. The van der Waals surface area contributed by atoms with E-state index in [4.69, 9.17) is 4.74 Å². The summed E-state index contributed by atoms with van der Waals surface area (Å²) in [5.41, 5.74) is 2.83. The molecule has 2 nitrogen and oxygen atoms in total. The fourth-order valence-corrected chi connectivity index (χ4v) is 2.36. The Balaban J connectivity index is 2.63. The second-order valence-electron chi connectivity index (χ2n) is 5.23. The van der Waals surface area contributed by atoms with Gasteiger partial charge < -0.3 is 10.1 Å². The molecule has 0 radical (unpaired) electrons. The fraction of sp³-hybridized carbons (Fsp3) is 0.647. The van der Waals surface area contributed by atoms with E-state index in [0.29, 0.717) is 12.1 Å². The molecule has 1 rings (SSSR count). The minimum absolute atomic E-state index is 0.334. The van der Waals surface area contributed by atoms with Gasteiger partial charge in [-0.2, -0.15) is 0 Å². The van der Waals surface area contributed by atoms with E-state index in [9.17, 15) is 0 Å². The van der Waals surface area contributed by atoms with Crippen LogP contribution in [-0.2, 0) is 11.2 Å². The fourth-order valence-electron chi connectivity index (χ4n) is 2.36. The van der Waals surface area contributed by atoms with Crippen LogP contribution in [0.25, 0.3) is 0 Å². The molecule has 0 amide bonds. The first-order valence-electron chi connectivity index (χ1n) is 7.56. The van der Waals surface area contributed by atoms with E-state index in [0.717, 1.165) is 19.4 Å². The van der Waals surface area contributed by atoms with Crippen LogP contribution in [-0.4, -0.2) is 19.8 Å². The minimum Gasteiger partial charge on any atom is -0.382 e. The molecule has 0 saturated heterocycles. The van der Waals surface area contributed by atoms with Crippen LogP contribution in [0.5, 0.6) is 0 Å². The van der Waals surface area contributed by atoms with E-state index >= 15 is 0 Å². The van der Waals surface area contributed by atoms with E-state index in [1.807, 2.05) is 0 Å². The Hall–Kier alpha value is -0.860. The van der Waals surface area contributed by atoms with Crippen molar-refractivity contribution in [2.45, 2.75) is 58.6 Å². The molecular formula is C17H29NO. The highest BCUT2D eigenvalue weighted by Crippen LogP contribution is 2.21. The summed E-state index contributed by atoms with van der Waals surface area (Å²) in [6.45, 7) is 7.52. The zero-order chi connectivity index (χ0) is 14.1. The number of ether oxygens (including phenoxy) is 1. The molecule has 0 bridgehead atoms. The Labute approximate surface area is 118 Å². The summed E-state index contributed by atoms with van der Waals surface area (Å²) in [5, 5.41) is 3.57. The van der Waals surface area contributed by atoms with Crippen LogP contribution in [0.3, 0.4) is 0 Å². The number of nitrogens with one attached hydrogen (secondary N) is 1. The highest BCUT2D eigenvalue weighted by atomic mass is 16.5. The number of hydrogen-bond donors (Lipinski definition) is 1. The minimum atomic E-state index is 0.334. The van der Waals surface area contributed by atoms with Crippen LogP contribution in [0.15, 0.2) is 24.3 Å². The first-order chi connectivity index (χ1) is 9.21. The summed E-state index contributed by atoms with van der Waals surface area (Å²) in [5.74, 6) is 0. The van der Waals surface area contributed by atoms with Crippen molar-refractivity contribution in [2.75, 3.05) is 13.7 Å². The highest BCUT2D eigenvalue weighted by Gasteiger charge is 2.12. The SMILES string of the molecule is CCCc1ccc(C(CCC(C)OC)NCC)cc1. The maximum atomic E-state index is 5.34. The van der Waals surface area contributed by atoms with Crippen molar-refractivity contribution in [1.82, 2.24) is 5.32 Å². The van der Waals surface area contributed by atoms with Gasteiger partial charge in [0.1, 0.15) is 0 Å². The molecule has 0 spiro atoms. The van der Waals surface area contributed by atoms with Gasteiger partial charge in [-0.25, -0.2) is 0 Å². The van der Waals surface area contributed by atoms with Gasteiger partial charge in [0.2, 0.25) is 0 Å². The Morgan fingerprint density at radius 2 is 1.79 bits per heavy atom. The summed E-state index contributed by atoms with van der Waals surface area (Å²) in [4.78, 5) is 0. The van der Waals surface area contributed by atoms with Crippen molar-refractivity contribution in [3.8, 4) is 0 Å². The Morgan fingerprint density at radius 1 is 1.11 bits per heavy atom. The van der Waals surface area contributed by atoms with Crippen molar-refractivity contribution in [3.05, 3.63) is 35.4 Å². The van der Waals surface area contributed by atoms with E-state index in [1.165, 1.54) is 24.0 Å². The molecule has 1 aromatic carbocycles. The highest BCUT2D eigenvalue weighted by molar-refractivity contribution is 5.25. The molecule has 1 aromatic rings. The van der Waals surface area contributed by atoms with Crippen LogP contribution in [0.4, 0.5) is 0 Å². The summed E-state index contributed by atoms with van der Waals surface area (Å²) in [7, 11) is 1.78. The number of benzene rings is 1. The normalized spacial score (nSPS) is 14.3. The van der Waals surface area contributed by atoms with Crippen LogP contribution in [0.1, 0.15) is 57.2 Å². The van der Waals surface area contributed by atoms with E-state index in [2.05, 4.69) is 50.4 Å². The molecule has 19 heavy (non-hydrogen) atoms. The predicted octanol–water partition coefficient (Wildman–Crippen LogP) is 4.10. The lowest BCUT2D eigenvalue weighted by molar-refractivity contribution is 0.106. The average molecular weight is 263 g/mol. The molecule has 0 fully saturated rings. The first kappa shape index (κ1) is 16.2. The van der Waals surface area contributed by atoms with Crippen molar-refractivity contribution in [2.24, 2.45) is 0 Å². The molecule has 1 N–H and O–H groups in total. The van der Waals surface area contributed by atoms with Crippen molar-refractivity contribution in [3.63, 3.8) is 0 Å². The molecule has 0 aliphatic heterocycles. The number of rotatable bonds is 9. The van der Waals surface area contributed by atoms with Crippen LogP contribution in [0.2, 0.25) is 0 Å². The molecule has 2 unspecified atom stereocenters. The largest absolute Gasteiger partial charge is 0.382 e. The molecule has 0 saturated carbocycles. The molecule has 2 heteroatoms. The third-order valence-electron chi connectivity index (χ3n) is 3.64. The quantitative estimate of drug-likeness (QED) is 0.724. The average Bonchev–Trinajstić information content (AvgIpc) is 2.44. The van der Waals surface area contributed by atoms with Gasteiger partial charge in [-0.3, -0.25) is 0 Å². The van der Waals surface area contributed by atoms with Gasteiger partial charge in [0.25, 0.3) is 0 Å². The zero-order valence-electron chi connectivity index (χ0n) is 12.9. The monoisotopic (exact) mass is 263 g/mol. The second kappa shape index (κ2) is 9.11. The van der Waals surface area contributed by atoms with Crippen molar-refractivity contribution < 1.29 is 4.74 Å². The summed E-state index contributed by atoms with van der Waals surface area (Å²) in [6.07, 6.45) is 4.93. The summed E-state index contributed by atoms with van der Waals surface area (Å²) in [6, 6.07) is 9.52. The Bertz CT molecular complexity index is 334. The first-order valence-corrected chi connectivity index (χ1v) is 7.56. The van der Waals surface area contributed by atoms with Crippen molar-refractivity contribution in [1.29, 1.82) is 0 Å². The van der Waals surface area contributed by atoms with Gasteiger partial charge >= 0.3 is 0 Å². The smallest absolute Gasteiger partial charge is 0.0543 e. The Morgan fingerprint density at radius 3 is 2.32 bits per heavy atom. The van der Waals surface area contributed by atoms with Gasteiger partial charge in [-0.15, -0.1) is 0 Å². The standard InChI is InChI=1S/C17H29NO/c1-5-7-15-9-11-16(12-10-15)17(18-6-2)13-8-14(3)19-4/h9-12,14,17-18H,5-8,13H2,1-4H3. The lowest BCUT2D eigenvalue weighted by Crippen LogP contribution is -2.22. The molecule has 0 heterocycles. The third kappa shape index (κ3) is 5.75. The van der Waals surface area contributed by atoms with Gasteiger partial charge in [0.05, 0.1) is 6.10 Å². The maximum absolute atomic E-state index is 5.34. The van der Waals surface area contributed by atoms with Crippen LogP contribution in [0, 0.1) is 0 Å². The second-order valence-corrected chi connectivity index (χ2v) is 5.23. The van der Waals surface area contributed by atoms with Crippen molar-refractivity contribution >= 4 is 0 Å². The van der Waals surface area contributed by atoms with Gasteiger partial charge in [-0.1, -0.05) is 44.5 Å². The Kier molecular flexibility index (Phi) is 7.76.